The summed E-state index contributed by atoms with van der Waals surface area (Å²) in [6, 6.07) is 26.1. The topological polar surface area (TPSA) is 115 Å². The zero-order valence-electron chi connectivity index (χ0n) is 23.2. The molecule has 224 valence electrons. The van der Waals surface area contributed by atoms with Crippen molar-refractivity contribution < 1.29 is 28.6 Å². The van der Waals surface area contributed by atoms with Gasteiger partial charge in [0, 0.05) is 35.2 Å². The van der Waals surface area contributed by atoms with E-state index in [1.165, 1.54) is 12.1 Å². The molecule has 1 saturated heterocycles. The Balaban J connectivity index is 0.00000384. The molecular formula is C34H27Cl2NO7. The molecule has 0 bridgehead atoms. The molecule has 1 fully saturated rings. The van der Waals surface area contributed by atoms with Crippen LogP contribution >= 0.6 is 24.0 Å². The van der Waals surface area contributed by atoms with Crippen LogP contribution < -0.4 is 15.5 Å². The highest BCUT2D eigenvalue weighted by Gasteiger charge is 2.36. The molecule has 2 atom stereocenters. The lowest BCUT2D eigenvalue weighted by atomic mass is 9.89. The van der Waals surface area contributed by atoms with E-state index in [0.29, 0.717) is 40.2 Å². The second-order valence-corrected chi connectivity index (χ2v) is 10.5. The summed E-state index contributed by atoms with van der Waals surface area (Å²) in [6.07, 6.45) is 0.545. The van der Waals surface area contributed by atoms with E-state index in [1.807, 2.05) is 6.07 Å². The van der Waals surface area contributed by atoms with Crippen molar-refractivity contribution in [3.8, 4) is 22.8 Å². The summed E-state index contributed by atoms with van der Waals surface area (Å²) in [6.45, 7) is 0.558. The molecule has 0 radical (unpaired) electrons. The van der Waals surface area contributed by atoms with Crippen LogP contribution in [0.5, 0.6) is 11.5 Å². The van der Waals surface area contributed by atoms with E-state index in [9.17, 15) is 19.5 Å². The van der Waals surface area contributed by atoms with Crippen LogP contribution in [-0.2, 0) is 4.74 Å². The van der Waals surface area contributed by atoms with Gasteiger partial charge in [0.05, 0.1) is 16.1 Å². The number of hydrogen-bond donors (Lipinski definition) is 2. The summed E-state index contributed by atoms with van der Waals surface area (Å²) in [5.74, 6) is -1.73. The van der Waals surface area contributed by atoms with E-state index in [4.69, 9.17) is 25.5 Å². The van der Waals surface area contributed by atoms with Crippen LogP contribution in [0.25, 0.3) is 22.3 Å². The van der Waals surface area contributed by atoms with Crippen LogP contribution in [0.3, 0.4) is 0 Å². The molecule has 8 nitrogen and oxygen atoms in total. The first-order valence-corrected chi connectivity index (χ1v) is 14.1. The van der Waals surface area contributed by atoms with Gasteiger partial charge in [-0.05, 0) is 49.4 Å². The SMILES string of the molecule is Cl.O=C(OC[C@@H]1NCC[C@H]1c1c(OC(=O)c2ccccc2)cc(O)c2c(=O)cc(-c3ccccc3Cl)oc12)c1ccccc1. The van der Waals surface area contributed by atoms with Crippen LogP contribution in [-0.4, -0.2) is 36.2 Å². The Hall–Kier alpha value is -4.63. The number of fused-ring (bicyclic) bond motifs is 1. The number of nitrogens with one attached hydrogen (secondary N) is 1. The number of carbonyl (C=O) groups is 2. The van der Waals surface area contributed by atoms with Gasteiger partial charge in [0.15, 0.2) is 5.43 Å². The number of carbonyl (C=O) groups excluding carboxylic acids is 2. The molecule has 10 heteroatoms. The van der Waals surface area contributed by atoms with Gasteiger partial charge in [0.2, 0.25) is 0 Å². The fourth-order valence-corrected chi connectivity index (χ4v) is 5.61. The van der Waals surface area contributed by atoms with E-state index in [0.717, 1.165) is 0 Å². The molecule has 4 aromatic carbocycles. The Morgan fingerprint density at radius 1 is 0.909 bits per heavy atom. The maximum absolute atomic E-state index is 13.4. The van der Waals surface area contributed by atoms with E-state index in [-0.39, 0.29) is 41.5 Å². The average molecular weight is 632 g/mol. The third-order valence-corrected chi connectivity index (χ3v) is 7.78. The predicted molar refractivity (Wildman–Crippen MR) is 169 cm³/mol. The number of hydrogen-bond acceptors (Lipinski definition) is 8. The predicted octanol–water partition coefficient (Wildman–Crippen LogP) is 6.76. The standard InChI is InChI=1S/C34H26ClNO7.ClH/c35-24-14-8-7-13-22(24)28-17-26(37)31-27(38)18-29(43-34(40)21-11-5-2-6-12-21)30(32(31)42-28)23-15-16-36-25(23)19-41-33(39)20-9-3-1-4-10-20;/h1-14,17-18,23,25,36,38H,15-16,19H2;1H/t23-,25+;/m1./s1. The largest absolute Gasteiger partial charge is 0.507 e. The average Bonchev–Trinajstić information content (AvgIpc) is 3.48. The molecule has 0 amide bonds. The minimum atomic E-state index is -0.650. The quantitative estimate of drug-likeness (QED) is 0.149. The minimum absolute atomic E-state index is 0. The van der Waals surface area contributed by atoms with Gasteiger partial charge in [-0.15, -0.1) is 12.4 Å². The fraction of sp³-hybridized carbons (Fsp3) is 0.147. The molecule has 6 rings (SSSR count). The van der Waals surface area contributed by atoms with Crippen molar-refractivity contribution in [2.24, 2.45) is 0 Å². The zero-order chi connectivity index (χ0) is 29.9. The zero-order valence-corrected chi connectivity index (χ0v) is 24.8. The second kappa shape index (κ2) is 13.3. The molecule has 1 aromatic heterocycles. The first-order valence-electron chi connectivity index (χ1n) is 13.7. The Bertz CT molecular complexity index is 1880. The minimum Gasteiger partial charge on any atom is -0.507 e. The van der Waals surface area contributed by atoms with Gasteiger partial charge in [-0.1, -0.05) is 60.1 Å². The van der Waals surface area contributed by atoms with Gasteiger partial charge in [-0.25, -0.2) is 9.59 Å². The Morgan fingerprint density at radius 2 is 1.55 bits per heavy atom. The van der Waals surface area contributed by atoms with Gasteiger partial charge in [-0.3, -0.25) is 4.79 Å². The van der Waals surface area contributed by atoms with Gasteiger partial charge >= 0.3 is 11.9 Å². The molecule has 1 aliphatic rings. The normalized spacial score (nSPS) is 15.8. The van der Waals surface area contributed by atoms with Crippen LogP contribution in [0, 0.1) is 0 Å². The molecule has 0 spiro atoms. The number of aromatic hydroxyl groups is 1. The number of phenols is 1. The van der Waals surface area contributed by atoms with E-state index < -0.39 is 35.1 Å². The van der Waals surface area contributed by atoms with Crippen molar-refractivity contribution in [1.82, 2.24) is 5.32 Å². The number of benzene rings is 4. The highest BCUT2D eigenvalue weighted by Crippen LogP contribution is 2.44. The number of phenolic OH excluding ortho intramolecular Hbond substituents is 1. The van der Waals surface area contributed by atoms with Crippen molar-refractivity contribution in [3.05, 3.63) is 129 Å². The lowest BCUT2D eigenvalue weighted by Gasteiger charge is -2.23. The van der Waals surface area contributed by atoms with E-state index in [1.54, 1.807) is 78.9 Å². The maximum atomic E-state index is 13.4. The summed E-state index contributed by atoms with van der Waals surface area (Å²) in [4.78, 5) is 39.3. The van der Waals surface area contributed by atoms with Gasteiger partial charge < -0.3 is 24.3 Å². The van der Waals surface area contributed by atoms with Crippen molar-refractivity contribution in [2.45, 2.75) is 18.4 Å². The van der Waals surface area contributed by atoms with Crippen LogP contribution in [0.4, 0.5) is 0 Å². The molecule has 0 aliphatic carbocycles. The third-order valence-electron chi connectivity index (χ3n) is 7.46. The Kier molecular flexibility index (Phi) is 9.35. The number of halogens is 2. The third kappa shape index (κ3) is 6.19. The Labute approximate surface area is 263 Å². The lowest BCUT2D eigenvalue weighted by molar-refractivity contribution is 0.0466. The molecule has 0 saturated carbocycles. The molecule has 2 heterocycles. The maximum Gasteiger partial charge on any atom is 0.343 e. The van der Waals surface area contributed by atoms with Crippen molar-refractivity contribution in [2.75, 3.05) is 13.2 Å². The Morgan fingerprint density at radius 3 is 2.23 bits per heavy atom. The summed E-state index contributed by atoms with van der Waals surface area (Å²) in [5.41, 5.74) is 1.17. The van der Waals surface area contributed by atoms with E-state index >= 15 is 0 Å². The first kappa shape index (κ1) is 30.8. The summed E-state index contributed by atoms with van der Waals surface area (Å²) in [7, 11) is 0. The van der Waals surface area contributed by atoms with Gasteiger partial charge in [-0.2, -0.15) is 0 Å². The first-order chi connectivity index (χ1) is 20.9. The highest BCUT2D eigenvalue weighted by molar-refractivity contribution is 6.33. The second-order valence-electron chi connectivity index (χ2n) is 10.1. The molecule has 1 aliphatic heterocycles. The fourth-order valence-electron chi connectivity index (χ4n) is 5.39. The van der Waals surface area contributed by atoms with E-state index in [2.05, 4.69) is 5.32 Å². The van der Waals surface area contributed by atoms with Crippen molar-refractivity contribution >= 4 is 46.9 Å². The number of esters is 2. The molecule has 5 aromatic rings. The van der Waals surface area contributed by atoms with Crippen LogP contribution in [0.2, 0.25) is 5.02 Å². The smallest absolute Gasteiger partial charge is 0.343 e. The molecule has 2 N–H and O–H groups in total. The van der Waals surface area contributed by atoms with Crippen LogP contribution in [0.15, 0.2) is 106 Å². The lowest BCUT2D eigenvalue weighted by Crippen LogP contribution is -2.32. The number of rotatable bonds is 7. The van der Waals surface area contributed by atoms with Crippen LogP contribution in [0.1, 0.15) is 38.6 Å². The highest BCUT2D eigenvalue weighted by atomic mass is 35.5. The number of ether oxygens (including phenoxy) is 2. The monoisotopic (exact) mass is 631 g/mol. The summed E-state index contributed by atoms with van der Waals surface area (Å²) >= 11 is 6.43. The molecular weight excluding hydrogens is 605 g/mol. The molecule has 0 unspecified atom stereocenters. The van der Waals surface area contributed by atoms with Crippen molar-refractivity contribution in [3.63, 3.8) is 0 Å². The summed E-state index contributed by atoms with van der Waals surface area (Å²) in [5, 5.41) is 14.7. The van der Waals surface area contributed by atoms with Gasteiger partial charge in [0.1, 0.15) is 34.8 Å². The van der Waals surface area contributed by atoms with Gasteiger partial charge in [0.25, 0.3) is 0 Å². The molecule has 44 heavy (non-hydrogen) atoms. The summed E-state index contributed by atoms with van der Waals surface area (Å²) < 4.78 is 17.9. The van der Waals surface area contributed by atoms with Crippen molar-refractivity contribution in [1.29, 1.82) is 0 Å².